The largest absolute Gasteiger partial charge is 0.355 e. The molecule has 25 heavy (non-hydrogen) atoms. The predicted molar refractivity (Wildman–Crippen MR) is 97.3 cm³/mol. The summed E-state index contributed by atoms with van der Waals surface area (Å²) in [4.78, 5) is 12.6. The topological polar surface area (TPSA) is 66.3 Å². The van der Waals surface area contributed by atoms with Crippen LogP contribution >= 0.6 is 0 Å². The van der Waals surface area contributed by atoms with Crippen LogP contribution in [0.4, 0.5) is 0 Å². The lowest BCUT2D eigenvalue weighted by Gasteiger charge is -2.20. The number of hydrogen-bond donors (Lipinski definition) is 1. The van der Waals surface area contributed by atoms with Gasteiger partial charge in [0.05, 0.1) is 17.1 Å². The third-order valence-electron chi connectivity index (χ3n) is 4.54. The summed E-state index contributed by atoms with van der Waals surface area (Å²) in [5, 5.41) is 9.07. The SMILES string of the molecule is Cc1cccc(-c2ccc(C3CCC(c4cccc(C)n4)N=N3)[nH]2)n1. The molecule has 5 nitrogen and oxygen atoms in total. The number of pyridine rings is 2. The van der Waals surface area contributed by atoms with Gasteiger partial charge in [-0.25, -0.2) is 0 Å². The first kappa shape index (κ1) is 15.7. The molecular formula is C20H21N5. The molecule has 2 unspecified atom stereocenters. The Hall–Kier alpha value is -2.82. The third-order valence-corrected chi connectivity index (χ3v) is 4.54. The fourth-order valence-corrected chi connectivity index (χ4v) is 3.22. The number of azo groups is 1. The van der Waals surface area contributed by atoms with Gasteiger partial charge in [-0.3, -0.25) is 9.97 Å². The van der Waals surface area contributed by atoms with Gasteiger partial charge in [-0.15, -0.1) is 0 Å². The number of rotatable bonds is 3. The van der Waals surface area contributed by atoms with Gasteiger partial charge < -0.3 is 4.98 Å². The molecule has 0 fully saturated rings. The molecule has 1 N–H and O–H groups in total. The predicted octanol–water partition coefficient (Wildman–Crippen LogP) is 5.12. The van der Waals surface area contributed by atoms with E-state index in [1.807, 2.05) is 50.2 Å². The average molecular weight is 331 g/mol. The lowest BCUT2D eigenvalue weighted by Crippen LogP contribution is -2.08. The molecular weight excluding hydrogens is 310 g/mol. The molecule has 0 saturated carbocycles. The molecule has 0 saturated heterocycles. The van der Waals surface area contributed by atoms with Crippen LogP contribution in [0, 0.1) is 13.8 Å². The van der Waals surface area contributed by atoms with Crippen LogP contribution in [-0.2, 0) is 0 Å². The highest BCUT2D eigenvalue weighted by atomic mass is 15.2. The maximum atomic E-state index is 4.58. The fourth-order valence-electron chi connectivity index (χ4n) is 3.22. The van der Waals surface area contributed by atoms with E-state index in [4.69, 9.17) is 0 Å². The highest BCUT2D eigenvalue weighted by Gasteiger charge is 2.23. The molecule has 5 heteroatoms. The number of aromatic amines is 1. The summed E-state index contributed by atoms with van der Waals surface area (Å²) in [7, 11) is 0. The molecule has 0 spiro atoms. The Labute approximate surface area is 147 Å². The average Bonchev–Trinajstić information content (AvgIpc) is 3.12. The Bertz CT molecular complexity index is 912. The zero-order valence-corrected chi connectivity index (χ0v) is 14.5. The second-order valence-corrected chi connectivity index (χ2v) is 6.54. The minimum atomic E-state index is 0.0732. The highest BCUT2D eigenvalue weighted by Crippen LogP contribution is 2.35. The molecule has 0 aliphatic carbocycles. The van der Waals surface area contributed by atoms with Gasteiger partial charge in [-0.2, -0.15) is 10.2 Å². The number of nitrogens with one attached hydrogen (secondary N) is 1. The van der Waals surface area contributed by atoms with Gasteiger partial charge in [0.2, 0.25) is 0 Å². The monoisotopic (exact) mass is 331 g/mol. The van der Waals surface area contributed by atoms with Crippen LogP contribution < -0.4 is 0 Å². The number of aryl methyl sites for hydroxylation is 2. The second-order valence-electron chi connectivity index (χ2n) is 6.54. The maximum Gasteiger partial charge on any atom is 0.113 e. The van der Waals surface area contributed by atoms with Crippen molar-refractivity contribution in [2.45, 2.75) is 38.8 Å². The summed E-state index contributed by atoms with van der Waals surface area (Å²) in [5.74, 6) is 0. The zero-order valence-electron chi connectivity index (χ0n) is 14.5. The molecule has 1 aliphatic heterocycles. The zero-order chi connectivity index (χ0) is 17.2. The van der Waals surface area contributed by atoms with Crippen molar-refractivity contribution in [2.75, 3.05) is 0 Å². The number of hydrogen-bond acceptors (Lipinski definition) is 4. The summed E-state index contributed by atoms with van der Waals surface area (Å²) in [6.45, 7) is 4.01. The van der Waals surface area contributed by atoms with Gasteiger partial charge in [0.25, 0.3) is 0 Å². The normalized spacial score (nSPS) is 19.9. The van der Waals surface area contributed by atoms with Gasteiger partial charge >= 0.3 is 0 Å². The van der Waals surface area contributed by atoms with E-state index in [9.17, 15) is 0 Å². The van der Waals surface area contributed by atoms with Crippen LogP contribution in [-0.4, -0.2) is 15.0 Å². The van der Waals surface area contributed by atoms with Crippen LogP contribution in [0.2, 0.25) is 0 Å². The molecule has 4 heterocycles. The quantitative estimate of drug-likeness (QED) is 0.724. The van der Waals surface area contributed by atoms with Crippen molar-refractivity contribution in [1.82, 2.24) is 15.0 Å². The van der Waals surface area contributed by atoms with Crippen LogP contribution in [0.5, 0.6) is 0 Å². The Morgan fingerprint density at radius 1 is 0.800 bits per heavy atom. The van der Waals surface area contributed by atoms with Gasteiger partial charge in [0.1, 0.15) is 12.1 Å². The number of nitrogens with zero attached hydrogens (tertiary/aromatic N) is 4. The van der Waals surface area contributed by atoms with E-state index < -0.39 is 0 Å². The molecule has 126 valence electrons. The van der Waals surface area contributed by atoms with Crippen molar-refractivity contribution in [3.63, 3.8) is 0 Å². The van der Waals surface area contributed by atoms with Crippen LogP contribution in [0.3, 0.4) is 0 Å². The molecule has 1 aliphatic rings. The first-order chi connectivity index (χ1) is 12.2. The fraction of sp³-hybridized carbons (Fsp3) is 0.300. The number of aromatic nitrogens is 3. The summed E-state index contributed by atoms with van der Waals surface area (Å²) in [5.41, 5.74) is 6.13. The maximum absolute atomic E-state index is 4.58. The van der Waals surface area contributed by atoms with Crippen LogP contribution in [0.25, 0.3) is 11.4 Å². The first-order valence-electron chi connectivity index (χ1n) is 8.65. The van der Waals surface area contributed by atoms with E-state index in [0.29, 0.717) is 0 Å². The van der Waals surface area contributed by atoms with Crippen molar-refractivity contribution in [3.8, 4) is 11.4 Å². The lowest BCUT2D eigenvalue weighted by atomic mass is 10.0. The molecule has 3 aromatic heterocycles. The molecule has 4 rings (SSSR count). The van der Waals surface area contributed by atoms with Crippen LogP contribution in [0.15, 0.2) is 58.8 Å². The van der Waals surface area contributed by atoms with Crippen molar-refractivity contribution in [1.29, 1.82) is 0 Å². The molecule has 0 amide bonds. The number of H-pyrrole nitrogens is 1. The third kappa shape index (κ3) is 3.36. The molecule has 0 radical (unpaired) electrons. The van der Waals surface area contributed by atoms with Gasteiger partial charge in [0.15, 0.2) is 0 Å². The summed E-state index contributed by atoms with van der Waals surface area (Å²) < 4.78 is 0. The molecule has 3 aromatic rings. The van der Waals surface area contributed by atoms with E-state index in [-0.39, 0.29) is 12.1 Å². The lowest BCUT2D eigenvalue weighted by molar-refractivity contribution is 0.441. The second kappa shape index (κ2) is 6.59. The van der Waals surface area contributed by atoms with Gasteiger partial charge in [-0.1, -0.05) is 12.1 Å². The summed E-state index contributed by atoms with van der Waals surface area (Å²) >= 11 is 0. The molecule has 0 aromatic carbocycles. The molecule has 0 bridgehead atoms. The summed E-state index contributed by atoms with van der Waals surface area (Å²) in [6, 6.07) is 16.4. The van der Waals surface area contributed by atoms with Crippen molar-refractivity contribution >= 4 is 0 Å². The van der Waals surface area contributed by atoms with E-state index >= 15 is 0 Å². The van der Waals surface area contributed by atoms with E-state index in [1.165, 1.54) is 0 Å². The minimum Gasteiger partial charge on any atom is -0.355 e. The molecule has 2 atom stereocenters. The van der Waals surface area contributed by atoms with Crippen molar-refractivity contribution < 1.29 is 0 Å². The smallest absolute Gasteiger partial charge is 0.113 e. The first-order valence-corrected chi connectivity index (χ1v) is 8.65. The van der Waals surface area contributed by atoms with Gasteiger partial charge in [0, 0.05) is 17.1 Å². The summed E-state index contributed by atoms with van der Waals surface area (Å²) in [6.07, 6.45) is 1.92. The standard InChI is InChI=1S/C20H21N5/c1-13-5-3-7-15(21-13)17-9-10-18(23-17)20-12-11-19(24-25-20)16-8-4-6-14(2)22-16/h3-10,19-20,23H,11-12H2,1-2H3. The minimum absolute atomic E-state index is 0.0732. The Morgan fingerprint density at radius 3 is 2.24 bits per heavy atom. The highest BCUT2D eigenvalue weighted by molar-refractivity contribution is 5.55. The van der Waals surface area contributed by atoms with E-state index in [1.54, 1.807) is 0 Å². The van der Waals surface area contributed by atoms with E-state index in [0.717, 1.165) is 47.0 Å². The van der Waals surface area contributed by atoms with Crippen molar-refractivity contribution in [3.05, 3.63) is 71.3 Å². The van der Waals surface area contributed by atoms with Crippen molar-refractivity contribution in [2.24, 2.45) is 10.2 Å². The van der Waals surface area contributed by atoms with Gasteiger partial charge in [-0.05, 0) is 63.1 Å². The Morgan fingerprint density at radius 2 is 1.52 bits per heavy atom. The Balaban J connectivity index is 1.52. The van der Waals surface area contributed by atoms with Crippen LogP contribution in [0.1, 0.15) is 47.7 Å². The van der Waals surface area contributed by atoms with E-state index in [2.05, 4.69) is 37.3 Å². The Kier molecular flexibility index (Phi) is 4.14.